The van der Waals surface area contributed by atoms with Gasteiger partial charge in [0.25, 0.3) is 0 Å². The number of carbonyl (C=O) groups excluding carboxylic acids is 1. The number of hydrogen-bond donors (Lipinski definition) is 1. The summed E-state index contributed by atoms with van der Waals surface area (Å²) in [5.74, 6) is 1.31. The number of thioether (sulfide) groups is 1. The third-order valence-electron chi connectivity index (χ3n) is 3.88. The molecule has 0 fully saturated rings. The van der Waals surface area contributed by atoms with E-state index >= 15 is 0 Å². The molecule has 0 saturated carbocycles. The van der Waals surface area contributed by atoms with Gasteiger partial charge >= 0.3 is 0 Å². The molecule has 0 aliphatic carbocycles. The fourth-order valence-electron chi connectivity index (χ4n) is 2.71. The first-order valence-electron chi connectivity index (χ1n) is 7.51. The highest BCUT2D eigenvalue weighted by Crippen LogP contribution is 2.37. The van der Waals surface area contributed by atoms with Crippen LogP contribution in [0.15, 0.2) is 47.4 Å². The van der Waals surface area contributed by atoms with Crippen molar-refractivity contribution in [2.45, 2.75) is 23.8 Å². The van der Waals surface area contributed by atoms with Gasteiger partial charge in [0.1, 0.15) is 11.6 Å². The van der Waals surface area contributed by atoms with Crippen molar-refractivity contribution in [3.8, 4) is 5.75 Å². The summed E-state index contributed by atoms with van der Waals surface area (Å²) >= 11 is 1.51. The lowest BCUT2D eigenvalue weighted by Gasteiger charge is -2.26. The number of carbonyl (C=O) groups is 1. The smallest absolute Gasteiger partial charge is 0.224 e. The van der Waals surface area contributed by atoms with Crippen molar-refractivity contribution >= 4 is 17.7 Å². The van der Waals surface area contributed by atoms with Crippen LogP contribution >= 0.6 is 11.8 Å². The predicted molar refractivity (Wildman–Crippen MR) is 89.3 cm³/mol. The summed E-state index contributed by atoms with van der Waals surface area (Å²) in [5, 5.41) is 3.03. The molecule has 3 rings (SSSR count). The number of fused-ring (bicyclic) bond motifs is 1. The molecule has 0 spiro atoms. The average Bonchev–Trinajstić information content (AvgIpc) is 2.56. The number of hydrogen-bond acceptors (Lipinski definition) is 3. The van der Waals surface area contributed by atoms with Crippen molar-refractivity contribution in [3.63, 3.8) is 0 Å². The molecule has 0 radical (unpaired) electrons. The Morgan fingerprint density at radius 1 is 1.30 bits per heavy atom. The number of ether oxygens (including phenoxy) is 1. The van der Waals surface area contributed by atoms with Crippen LogP contribution in [0.5, 0.6) is 5.75 Å². The van der Waals surface area contributed by atoms with E-state index in [-0.39, 0.29) is 17.8 Å². The molecule has 5 heteroatoms. The number of nitrogens with one attached hydrogen (secondary N) is 1. The van der Waals surface area contributed by atoms with E-state index in [9.17, 15) is 9.18 Å². The van der Waals surface area contributed by atoms with Crippen molar-refractivity contribution in [3.05, 3.63) is 59.4 Å². The Balaban J connectivity index is 1.68. The van der Waals surface area contributed by atoms with Crippen LogP contribution in [0.3, 0.4) is 0 Å². The summed E-state index contributed by atoms with van der Waals surface area (Å²) in [6.45, 7) is 0. The molecule has 1 N–H and O–H groups in total. The van der Waals surface area contributed by atoms with Gasteiger partial charge in [-0.25, -0.2) is 4.39 Å². The molecular weight excluding hydrogens is 313 g/mol. The second-order valence-corrected chi connectivity index (χ2v) is 6.55. The van der Waals surface area contributed by atoms with E-state index in [1.54, 1.807) is 13.2 Å². The highest BCUT2D eigenvalue weighted by atomic mass is 32.2. The van der Waals surface area contributed by atoms with E-state index in [4.69, 9.17) is 4.74 Å². The summed E-state index contributed by atoms with van der Waals surface area (Å²) in [5.41, 5.74) is 1.80. The maximum Gasteiger partial charge on any atom is 0.224 e. The highest BCUT2D eigenvalue weighted by molar-refractivity contribution is 7.99. The molecular formula is C18H18FNO2S. The molecule has 23 heavy (non-hydrogen) atoms. The molecule has 1 heterocycles. The van der Waals surface area contributed by atoms with Crippen molar-refractivity contribution in [1.29, 1.82) is 0 Å². The van der Waals surface area contributed by atoms with Crippen LogP contribution in [0.1, 0.15) is 23.6 Å². The minimum absolute atomic E-state index is 0.0534. The maximum absolute atomic E-state index is 13.9. The molecule has 3 nitrogen and oxygen atoms in total. The average molecular weight is 331 g/mol. The summed E-state index contributed by atoms with van der Waals surface area (Å²) in [6.07, 6.45) is 1.12. The Morgan fingerprint density at radius 2 is 2.09 bits per heavy atom. The van der Waals surface area contributed by atoms with Gasteiger partial charge < -0.3 is 10.1 Å². The summed E-state index contributed by atoms with van der Waals surface area (Å²) < 4.78 is 19.0. The molecule has 0 unspecified atom stereocenters. The third kappa shape index (κ3) is 3.67. The molecule has 1 amide bonds. The van der Waals surface area contributed by atoms with Crippen LogP contribution in [-0.2, 0) is 11.2 Å². The summed E-state index contributed by atoms with van der Waals surface area (Å²) in [6, 6.07) is 12.4. The van der Waals surface area contributed by atoms with Gasteiger partial charge in [-0.1, -0.05) is 24.3 Å². The van der Waals surface area contributed by atoms with Crippen molar-refractivity contribution in [1.82, 2.24) is 5.32 Å². The van der Waals surface area contributed by atoms with Gasteiger partial charge in [0.05, 0.1) is 19.6 Å². The van der Waals surface area contributed by atoms with E-state index in [0.717, 1.165) is 29.1 Å². The second-order valence-electron chi connectivity index (χ2n) is 5.44. The Bertz CT molecular complexity index is 703. The molecule has 0 saturated heterocycles. The first-order chi connectivity index (χ1) is 11.2. The minimum Gasteiger partial charge on any atom is -0.497 e. The lowest BCUT2D eigenvalue weighted by molar-refractivity contribution is -0.121. The fraction of sp³-hybridized carbons (Fsp3) is 0.278. The van der Waals surface area contributed by atoms with E-state index in [2.05, 4.69) is 5.32 Å². The van der Waals surface area contributed by atoms with Crippen LogP contribution in [0.25, 0.3) is 0 Å². The molecule has 1 aliphatic rings. The topological polar surface area (TPSA) is 38.3 Å². The van der Waals surface area contributed by atoms with E-state index in [1.165, 1.54) is 17.8 Å². The summed E-state index contributed by atoms with van der Waals surface area (Å²) in [4.78, 5) is 12.9. The molecule has 2 aromatic rings. The Kier molecular flexibility index (Phi) is 4.86. The van der Waals surface area contributed by atoms with Crippen molar-refractivity contribution in [2.24, 2.45) is 0 Å². The SMILES string of the molecule is COc1ccc(CC(=O)N[C@@H]2CCSc3c(F)cccc32)cc1. The van der Waals surface area contributed by atoms with Crippen LogP contribution in [-0.4, -0.2) is 18.8 Å². The normalized spacial score (nSPS) is 16.5. The zero-order chi connectivity index (χ0) is 16.2. The first-order valence-corrected chi connectivity index (χ1v) is 8.49. The third-order valence-corrected chi connectivity index (χ3v) is 5.04. The molecule has 1 atom stereocenters. The molecule has 120 valence electrons. The number of halogens is 1. The lowest BCUT2D eigenvalue weighted by atomic mass is 10.0. The Labute approximate surface area is 139 Å². The van der Waals surface area contributed by atoms with Crippen LogP contribution in [0.2, 0.25) is 0 Å². The zero-order valence-corrected chi connectivity index (χ0v) is 13.7. The van der Waals surface area contributed by atoms with Crippen LogP contribution < -0.4 is 10.1 Å². The Morgan fingerprint density at radius 3 is 2.83 bits per heavy atom. The molecule has 0 bridgehead atoms. The first kappa shape index (κ1) is 15.9. The van der Waals surface area contributed by atoms with Crippen molar-refractivity contribution in [2.75, 3.05) is 12.9 Å². The lowest BCUT2D eigenvalue weighted by Crippen LogP contribution is -2.32. The standard InChI is InChI=1S/C18H18FNO2S/c1-22-13-7-5-12(6-8-13)11-17(21)20-16-9-10-23-18-14(16)3-2-4-15(18)19/h2-8,16H,9-11H2,1H3,(H,20,21)/t16-/m1/s1. The fourth-order valence-corrected chi connectivity index (χ4v) is 3.85. The zero-order valence-electron chi connectivity index (χ0n) is 12.8. The number of methoxy groups -OCH3 is 1. The Hall–Kier alpha value is -2.01. The number of benzene rings is 2. The van der Waals surface area contributed by atoms with Gasteiger partial charge in [-0.15, -0.1) is 11.8 Å². The maximum atomic E-state index is 13.9. The second kappa shape index (κ2) is 7.04. The van der Waals surface area contributed by atoms with Gasteiger partial charge in [-0.3, -0.25) is 4.79 Å². The van der Waals surface area contributed by atoms with Gasteiger partial charge in [0, 0.05) is 10.6 Å². The van der Waals surface area contributed by atoms with E-state index in [0.29, 0.717) is 11.3 Å². The van der Waals surface area contributed by atoms with Gasteiger partial charge in [-0.05, 0) is 35.7 Å². The largest absolute Gasteiger partial charge is 0.497 e. The van der Waals surface area contributed by atoms with Crippen LogP contribution in [0.4, 0.5) is 4.39 Å². The monoisotopic (exact) mass is 331 g/mol. The number of rotatable bonds is 4. The van der Waals surface area contributed by atoms with Gasteiger partial charge in [-0.2, -0.15) is 0 Å². The van der Waals surface area contributed by atoms with E-state index < -0.39 is 0 Å². The highest BCUT2D eigenvalue weighted by Gasteiger charge is 2.24. The van der Waals surface area contributed by atoms with Crippen LogP contribution in [0, 0.1) is 5.82 Å². The summed E-state index contributed by atoms with van der Waals surface area (Å²) in [7, 11) is 1.61. The molecule has 1 aliphatic heterocycles. The predicted octanol–water partition coefficient (Wildman–Crippen LogP) is 3.73. The van der Waals surface area contributed by atoms with Crippen molar-refractivity contribution < 1.29 is 13.9 Å². The van der Waals surface area contributed by atoms with E-state index in [1.807, 2.05) is 30.3 Å². The quantitative estimate of drug-likeness (QED) is 0.928. The minimum atomic E-state index is -0.207. The van der Waals surface area contributed by atoms with Gasteiger partial charge in [0.2, 0.25) is 5.91 Å². The number of amides is 1. The van der Waals surface area contributed by atoms with Gasteiger partial charge in [0.15, 0.2) is 0 Å². The molecule has 0 aromatic heterocycles. The molecule has 2 aromatic carbocycles.